The van der Waals surface area contributed by atoms with Crippen LogP contribution in [-0.4, -0.2) is 34.6 Å². The molecule has 3 rings (SSSR count). The minimum absolute atomic E-state index is 0.158. The summed E-state index contributed by atoms with van der Waals surface area (Å²) in [5.74, 6) is 0.760. The fourth-order valence-electron chi connectivity index (χ4n) is 4.26. The van der Waals surface area contributed by atoms with E-state index in [-0.39, 0.29) is 11.5 Å². The van der Waals surface area contributed by atoms with Crippen molar-refractivity contribution in [3.8, 4) is 0 Å². The molecular formula is C26H32O4Si. The lowest BCUT2D eigenvalue weighted by Gasteiger charge is -2.32. The van der Waals surface area contributed by atoms with Crippen LogP contribution in [0.3, 0.4) is 0 Å². The Balaban J connectivity index is 1.91. The molecule has 1 unspecified atom stereocenters. The van der Waals surface area contributed by atoms with E-state index < -0.39 is 8.32 Å². The Kier molecular flexibility index (Phi) is 8.26. The smallest absolute Gasteiger partial charge is 0.325 e. The molecule has 0 saturated heterocycles. The zero-order valence-corrected chi connectivity index (χ0v) is 19.7. The van der Waals surface area contributed by atoms with Gasteiger partial charge in [0.05, 0.1) is 19.0 Å². The number of hydrogen-bond acceptors (Lipinski definition) is 4. The van der Waals surface area contributed by atoms with Crippen molar-refractivity contribution in [2.24, 2.45) is 0 Å². The highest BCUT2D eigenvalue weighted by Crippen LogP contribution is 2.42. The number of rotatable bonds is 10. The molecule has 4 nitrogen and oxygen atoms in total. The summed E-state index contributed by atoms with van der Waals surface area (Å²) in [7, 11) is -0.839. The molecule has 0 aliphatic carbocycles. The van der Waals surface area contributed by atoms with Crippen molar-refractivity contribution in [3.05, 3.63) is 84.1 Å². The highest BCUT2D eigenvalue weighted by atomic mass is 28.4. The second-order valence-electron chi connectivity index (χ2n) is 7.83. The molecule has 1 aliphatic rings. The van der Waals surface area contributed by atoms with Gasteiger partial charge in [0, 0.05) is 19.6 Å². The predicted molar refractivity (Wildman–Crippen MR) is 127 cm³/mol. The lowest BCUT2D eigenvalue weighted by molar-refractivity contribution is -0.141. The minimum atomic E-state index is -2.58. The molecule has 0 saturated carbocycles. The third-order valence-corrected chi connectivity index (χ3v) is 10.1. The third kappa shape index (κ3) is 5.35. The second-order valence-corrected chi connectivity index (χ2v) is 11.3. The Labute approximate surface area is 186 Å². The van der Waals surface area contributed by atoms with E-state index in [2.05, 4.69) is 79.7 Å². The number of unbranched alkanes of at least 4 members (excludes halogenated alkanes) is 2. The van der Waals surface area contributed by atoms with Crippen LogP contribution in [0.2, 0.25) is 5.54 Å². The van der Waals surface area contributed by atoms with Gasteiger partial charge in [-0.25, -0.2) is 0 Å². The van der Waals surface area contributed by atoms with Crippen LogP contribution in [0.25, 0.3) is 0 Å². The van der Waals surface area contributed by atoms with Gasteiger partial charge in [0.1, 0.15) is 0 Å². The lowest BCUT2D eigenvalue weighted by Crippen LogP contribution is -2.61. The molecule has 0 fully saturated rings. The van der Waals surface area contributed by atoms with E-state index in [1.54, 1.807) is 7.11 Å². The van der Waals surface area contributed by atoms with Crippen LogP contribution >= 0.6 is 0 Å². The SMILES string of the molecule is COCC1=C(C)O[Si](c2ccccc2)(c2ccccc2)C1/C=C\CCCCOC(C)=O. The molecule has 0 spiro atoms. The van der Waals surface area contributed by atoms with Crippen molar-refractivity contribution in [3.63, 3.8) is 0 Å². The first-order chi connectivity index (χ1) is 15.1. The van der Waals surface area contributed by atoms with Crippen LogP contribution in [0.5, 0.6) is 0 Å². The summed E-state index contributed by atoms with van der Waals surface area (Å²) >= 11 is 0. The van der Waals surface area contributed by atoms with Crippen LogP contribution in [-0.2, 0) is 18.7 Å². The van der Waals surface area contributed by atoms with E-state index in [1.165, 1.54) is 22.9 Å². The number of ether oxygens (including phenoxy) is 2. The molecule has 1 aliphatic heterocycles. The first-order valence-corrected chi connectivity index (χ1v) is 12.9. The van der Waals surface area contributed by atoms with E-state index in [0.29, 0.717) is 13.2 Å². The Morgan fingerprint density at radius 3 is 2.19 bits per heavy atom. The van der Waals surface area contributed by atoms with Gasteiger partial charge in [-0.1, -0.05) is 72.8 Å². The fourth-order valence-corrected chi connectivity index (χ4v) is 8.85. The zero-order chi connectivity index (χ0) is 22.1. The predicted octanol–water partition coefficient (Wildman–Crippen LogP) is 4.36. The standard InChI is InChI=1S/C26H32O4Si/c1-21-25(20-28-3)26(18-12-4-5-13-19-29-22(2)27)31(30-21,23-14-8-6-9-15-23)24-16-10-7-11-17-24/h6-12,14-18,26H,4-5,13,19-20H2,1-3H3/b18-12-. The van der Waals surface area contributed by atoms with Crippen LogP contribution in [0.15, 0.2) is 84.1 Å². The van der Waals surface area contributed by atoms with Crippen molar-refractivity contribution in [1.82, 2.24) is 0 Å². The summed E-state index contributed by atoms with van der Waals surface area (Å²) in [6.07, 6.45) is 7.35. The van der Waals surface area contributed by atoms with E-state index in [1.807, 2.05) is 0 Å². The molecule has 31 heavy (non-hydrogen) atoms. The first kappa shape index (κ1) is 23.0. The van der Waals surface area contributed by atoms with Crippen LogP contribution < -0.4 is 10.4 Å². The van der Waals surface area contributed by atoms with E-state index in [4.69, 9.17) is 13.9 Å². The minimum Gasteiger partial charge on any atom is -0.537 e. The summed E-state index contributed by atoms with van der Waals surface area (Å²) in [5, 5.41) is 2.52. The van der Waals surface area contributed by atoms with E-state index in [9.17, 15) is 4.79 Å². The zero-order valence-electron chi connectivity index (χ0n) is 18.7. The molecule has 2 aromatic rings. The summed E-state index contributed by atoms with van der Waals surface area (Å²) in [6, 6.07) is 21.3. The fraction of sp³-hybridized carbons (Fsp3) is 0.346. The molecule has 0 bridgehead atoms. The van der Waals surface area contributed by atoms with Gasteiger partial charge in [-0.15, -0.1) is 0 Å². The molecule has 1 heterocycles. The number of esters is 1. The van der Waals surface area contributed by atoms with Gasteiger partial charge in [-0.3, -0.25) is 4.79 Å². The Morgan fingerprint density at radius 2 is 1.65 bits per heavy atom. The molecule has 164 valence electrons. The number of carbonyl (C=O) groups excluding carboxylic acids is 1. The average molecular weight is 437 g/mol. The highest BCUT2D eigenvalue weighted by Gasteiger charge is 2.53. The lowest BCUT2D eigenvalue weighted by atomic mass is 10.1. The molecule has 0 aromatic heterocycles. The summed E-state index contributed by atoms with van der Waals surface area (Å²) < 4.78 is 17.5. The van der Waals surface area contributed by atoms with Crippen molar-refractivity contribution in [1.29, 1.82) is 0 Å². The topological polar surface area (TPSA) is 44.8 Å². The van der Waals surface area contributed by atoms with Gasteiger partial charge < -0.3 is 13.9 Å². The average Bonchev–Trinajstić information content (AvgIpc) is 3.07. The molecule has 0 amide bonds. The highest BCUT2D eigenvalue weighted by molar-refractivity contribution is 7.00. The van der Waals surface area contributed by atoms with Gasteiger partial charge in [0.15, 0.2) is 0 Å². The Morgan fingerprint density at radius 1 is 1.03 bits per heavy atom. The maximum absolute atomic E-state index is 10.9. The third-order valence-electron chi connectivity index (χ3n) is 5.68. The number of allylic oxidation sites excluding steroid dienone is 3. The van der Waals surface area contributed by atoms with Crippen LogP contribution in [0.4, 0.5) is 0 Å². The van der Waals surface area contributed by atoms with Crippen molar-refractivity contribution >= 4 is 24.7 Å². The van der Waals surface area contributed by atoms with E-state index >= 15 is 0 Å². The van der Waals surface area contributed by atoms with Gasteiger partial charge in [-0.05, 0) is 42.1 Å². The summed E-state index contributed by atoms with van der Waals surface area (Å²) in [4.78, 5) is 10.9. The molecule has 2 aromatic carbocycles. The Hall–Kier alpha value is -2.63. The van der Waals surface area contributed by atoms with Gasteiger partial charge in [0.2, 0.25) is 0 Å². The van der Waals surface area contributed by atoms with E-state index in [0.717, 1.165) is 25.0 Å². The molecule has 0 radical (unpaired) electrons. The van der Waals surface area contributed by atoms with Crippen molar-refractivity contribution in [2.45, 2.75) is 38.7 Å². The first-order valence-electron chi connectivity index (χ1n) is 10.9. The maximum Gasteiger partial charge on any atom is 0.325 e. The second kappa shape index (κ2) is 11.1. The van der Waals surface area contributed by atoms with Crippen molar-refractivity contribution < 1.29 is 18.7 Å². The van der Waals surface area contributed by atoms with Gasteiger partial charge in [-0.2, -0.15) is 0 Å². The normalized spacial score (nSPS) is 17.7. The molecule has 0 N–H and O–H groups in total. The van der Waals surface area contributed by atoms with Gasteiger partial charge >= 0.3 is 14.3 Å². The quantitative estimate of drug-likeness (QED) is 0.240. The number of hydrogen-bond donors (Lipinski definition) is 0. The van der Waals surface area contributed by atoms with Crippen LogP contribution in [0.1, 0.15) is 33.1 Å². The molecule has 5 heteroatoms. The molecular weight excluding hydrogens is 404 g/mol. The number of benzene rings is 2. The van der Waals surface area contributed by atoms with Crippen LogP contribution in [0, 0.1) is 0 Å². The van der Waals surface area contributed by atoms with Crippen molar-refractivity contribution in [2.75, 3.05) is 20.3 Å². The monoisotopic (exact) mass is 436 g/mol. The number of methoxy groups -OCH3 is 1. The number of carbonyl (C=O) groups is 1. The summed E-state index contributed by atoms with van der Waals surface area (Å²) in [6.45, 7) is 4.55. The Bertz CT molecular complexity index is 866. The van der Waals surface area contributed by atoms with Gasteiger partial charge in [0.25, 0.3) is 0 Å². The maximum atomic E-state index is 10.9. The summed E-state index contributed by atoms with van der Waals surface area (Å²) in [5.41, 5.74) is 1.38. The largest absolute Gasteiger partial charge is 0.537 e. The molecule has 1 atom stereocenters.